The highest BCUT2D eigenvalue weighted by Crippen LogP contribution is 2.13. The van der Waals surface area contributed by atoms with E-state index in [1.54, 1.807) is 6.07 Å². The molecule has 1 atom stereocenters. The zero-order valence-corrected chi connectivity index (χ0v) is 15.5. The molecule has 0 bridgehead atoms. The van der Waals surface area contributed by atoms with Gasteiger partial charge in [-0.15, -0.1) is 0 Å². The fraction of sp³-hybridized carbons (Fsp3) is 0.316. The van der Waals surface area contributed by atoms with Crippen LogP contribution in [0.4, 0.5) is 0 Å². The van der Waals surface area contributed by atoms with Gasteiger partial charge >= 0.3 is 5.97 Å². The molecule has 4 heteroatoms. The van der Waals surface area contributed by atoms with Gasteiger partial charge in [0, 0.05) is 10.5 Å². The van der Waals surface area contributed by atoms with Gasteiger partial charge in [-0.05, 0) is 42.6 Å². The number of carbonyl (C=O) groups is 1. The first kappa shape index (κ1) is 17.9. The van der Waals surface area contributed by atoms with Gasteiger partial charge in [0.1, 0.15) is 0 Å². The molecule has 0 spiro atoms. The molecule has 2 rings (SSSR count). The first-order valence-corrected chi connectivity index (χ1v) is 8.99. The van der Waals surface area contributed by atoms with E-state index in [4.69, 9.17) is 4.74 Å². The molecule has 0 heterocycles. The minimum absolute atomic E-state index is 0.290. The Bertz CT molecular complexity index is 616. The van der Waals surface area contributed by atoms with Gasteiger partial charge in [0.25, 0.3) is 0 Å². The van der Waals surface area contributed by atoms with Gasteiger partial charge in [0.2, 0.25) is 0 Å². The number of hydrogen-bond donors (Lipinski definition) is 1. The van der Waals surface area contributed by atoms with E-state index in [0.29, 0.717) is 9.49 Å². The summed E-state index contributed by atoms with van der Waals surface area (Å²) in [6, 6.07) is 18.1. The van der Waals surface area contributed by atoms with Crippen LogP contribution in [0.1, 0.15) is 27.9 Å². The van der Waals surface area contributed by atoms with Crippen LogP contribution in [0.5, 0.6) is 0 Å². The van der Waals surface area contributed by atoms with Crippen LogP contribution in [-0.4, -0.2) is 23.5 Å². The fourth-order valence-corrected chi connectivity index (χ4v) is 3.21. The summed E-state index contributed by atoms with van der Waals surface area (Å²) in [6.07, 6.45) is 2.22. The number of methoxy groups -OCH3 is 1. The monoisotopic (exact) mass is 423 g/mol. The Morgan fingerprint density at radius 1 is 1.13 bits per heavy atom. The largest absolute Gasteiger partial charge is 0.465 e. The van der Waals surface area contributed by atoms with Crippen molar-refractivity contribution in [2.45, 2.75) is 23.3 Å². The number of alkyl halides is 1. The second-order valence-electron chi connectivity index (χ2n) is 5.44. The molecule has 0 saturated heterocycles. The minimum atomic E-state index is -0.290. The van der Waals surface area contributed by atoms with Crippen molar-refractivity contribution in [2.75, 3.05) is 13.7 Å². The number of carbonyl (C=O) groups excluding carboxylic acids is 1. The Balaban J connectivity index is 1.72. The fourth-order valence-electron chi connectivity index (χ4n) is 2.39. The third-order valence-electron chi connectivity index (χ3n) is 3.61. The Morgan fingerprint density at radius 2 is 1.87 bits per heavy atom. The lowest BCUT2D eigenvalue weighted by Crippen LogP contribution is -2.19. The summed E-state index contributed by atoms with van der Waals surface area (Å²) in [4.78, 5) is 11.5. The molecule has 1 N–H and O–H groups in total. The second-order valence-corrected chi connectivity index (χ2v) is 7.21. The van der Waals surface area contributed by atoms with E-state index in [1.165, 1.54) is 12.7 Å². The summed E-state index contributed by atoms with van der Waals surface area (Å²) in [6.45, 7) is 1.72. The van der Waals surface area contributed by atoms with E-state index < -0.39 is 0 Å². The molecule has 0 fully saturated rings. The molecule has 2 aromatic rings. The molecule has 2 aromatic carbocycles. The van der Waals surface area contributed by atoms with Gasteiger partial charge in [-0.3, -0.25) is 0 Å². The normalized spacial score (nSPS) is 11.9. The van der Waals surface area contributed by atoms with Crippen molar-refractivity contribution >= 4 is 28.6 Å². The van der Waals surface area contributed by atoms with Gasteiger partial charge in [-0.1, -0.05) is 65.1 Å². The van der Waals surface area contributed by atoms with Crippen LogP contribution in [0.15, 0.2) is 54.6 Å². The highest BCUT2D eigenvalue weighted by Gasteiger charge is 2.07. The van der Waals surface area contributed by atoms with Gasteiger partial charge < -0.3 is 10.1 Å². The van der Waals surface area contributed by atoms with Crippen molar-refractivity contribution in [3.05, 3.63) is 71.3 Å². The van der Waals surface area contributed by atoms with Crippen LogP contribution in [-0.2, 0) is 17.7 Å². The molecular weight excluding hydrogens is 401 g/mol. The molecule has 0 aliphatic heterocycles. The van der Waals surface area contributed by atoms with Gasteiger partial charge in [-0.2, -0.15) is 0 Å². The molecular formula is C19H22INO2. The topological polar surface area (TPSA) is 38.3 Å². The first-order chi connectivity index (χ1) is 11.2. The second kappa shape index (κ2) is 9.67. The van der Waals surface area contributed by atoms with E-state index >= 15 is 0 Å². The Morgan fingerprint density at radius 3 is 2.61 bits per heavy atom. The lowest BCUT2D eigenvalue weighted by Gasteiger charge is -2.11. The Labute approximate surface area is 151 Å². The van der Waals surface area contributed by atoms with Crippen LogP contribution in [0.3, 0.4) is 0 Å². The van der Waals surface area contributed by atoms with Crippen molar-refractivity contribution < 1.29 is 9.53 Å². The Kier molecular flexibility index (Phi) is 7.55. The number of esters is 1. The smallest absolute Gasteiger partial charge is 0.337 e. The SMILES string of the molecule is COC(=O)c1cccc(CNCC[C@@H](I)Cc2ccccc2)c1. The van der Waals surface area contributed by atoms with Crippen LogP contribution in [0, 0.1) is 0 Å². The average Bonchev–Trinajstić information content (AvgIpc) is 2.59. The predicted octanol–water partition coefficient (Wildman–Crippen LogP) is 4.00. The van der Waals surface area contributed by atoms with E-state index in [1.807, 2.05) is 18.2 Å². The molecule has 122 valence electrons. The molecule has 3 nitrogen and oxygen atoms in total. The molecule has 0 aliphatic carbocycles. The molecule has 0 aromatic heterocycles. The lowest BCUT2D eigenvalue weighted by molar-refractivity contribution is 0.0600. The molecule has 0 aliphatic rings. The summed E-state index contributed by atoms with van der Waals surface area (Å²) < 4.78 is 5.36. The number of hydrogen-bond acceptors (Lipinski definition) is 3. The number of halogens is 1. The lowest BCUT2D eigenvalue weighted by atomic mass is 10.1. The number of nitrogens with one attached hydrogen (secondary N) is 1. The molecule has 0 saturated carbocycles. The molecule has 0 radical (unpaired) electrons. The van der Waals surface area contributed by atoms with E-state index in [9.17, 15) is 4.79 Å². The van der Waals surface area contributed by atoms with E-state index in [0.717, 1.165) is 31.5 Å². The van der Waals surface area contributed by atoms with E-state index in [-0.39, 0.29) is 5.97 Å². The van der Waals surface area contributed by atoms with Crippen molar-refractivity contribution in [3.8, 4) is 0 Å². The summed E-state index contributed by atoms with van der Waals surface area (Å²) in [5.74, 6) is -0.290. The van der Waals surface area contributed by atoms with Crippen molar-refractivity contribution in [2.24, 2.45) is 0 Å². The van der Waals surface area contributed by atoms with Crippen molar-refractivity contribution in [1.82, 2.24) is 5.32 Å². The van der Waals surface area contributed by atoms with Crippen LogP contribution in [0.2, 0.25) is 0 Å². The van der Waals surface area contributed by atoms with Crippen LogP contribution >= 0.6 is 22.6 Å². The van der Waals surface area contributed by atoms with E-state index in [2.05, 4.69) is 58.2 Å². The highest BCUT2D eigenvalue weighted by atomic mass is 127. The zero-order valence-electron chi connectivity index (χ0n) is 13.3. The van der Waals surface area contributed by atoms with Crippen molar-refractivity contribution in [3.63, 3.8) is 0 Å². The van der Waals surface area contributed by atoms with Crippen LogP contribution < -0.4 is 5.32 Å². The van der Waals surface area contributed by atoms with Crippen LogP contribution in [0.25, 0.3) is 0 Å². The van der Waals surface area contributed by atoms with Gasteiger partial charge in [0.05, 0.1) is 12.7 Å². The summed E-state index contributed by atoms with van der Waals surface area (Å²) >= 11 is 2.52. The molecule has 0 amide bonds. The minimum Gasteiger partial charge on any atom is -0.465 e. The van der Waals surface area contributed by atoms with Crippen molar-refractivity contribution in [1.29, 1.82) is 0 Å². The molecule has 23 heavy (non-hydrogen) atoms. The maximum atomic E-state index is 11.5. The third-order valence-corrected chi connectivity index (χ3v) is 4.67. The first-order valence-electron chi connectivity index (χ1n) is 7.75. The maximum Gasteiger partial charge on any atom is 0.337 e. The third kappa shape index (κ3) is 6.31. The highest BCUT2D eigenvalue weighted by molar-refractivity contribution is 14.1. The summed E-state index contributed by atoms with van der Waals surface area (Å²) in [5.41, 5.74) is 3.08. The number of benzene rings is 2. The average molecular weight is 423 g/mol. The van der Waals surface area contributed by atoms with Gasteiger partial charge in [-0.25, -0.2) is 4.79 Å². The van der Waals surface area contributed by atoms with Gasteiger partial charge in [0.15, 0.2) is 0 Å². The summed E-state index contributed by atoms with van der Waals surface area (Å²) in [5, 5.41) is 3.45. The zero-order chi connectivity index (χ0) is 16.5. The molecule has 0 unspecified atom stereocenters. The predicted molar refractivity (Wildman–Crippen MR) is 102 cm³/mol. The quantitative estimate of drug-likeness (QED) is 0.302. The number of rotatable bonds is 8. The maximum absolute atomic E-state index is 11.5. The standard InChI is InChI=1S/C19H22INO2/c1-23-19(22)17-9-5-8-16(12-17)14-21-11-10-18(20)13-15-6-3-2-4-7-15/h2-9,12,18,21H,10-11,13-14H2,1H3/t18-/m1/s1. The Hall–Kier alpha value is -1.40. The number of ether oxygens (including phenoxy) is 1. The summed E-state index contributed by atoms with van der Waals surface area (Å²) in [7, 11) is 1.40.